The van der Waals surface area contributed by atoms with Gasteiger partial charge in [-0.3, -0.25) is 19.7 Å². The Balaban J connectivity index is 2.19. The molecular weight excluding hydrogens is 208 g/mol. The Kier molecular flexibility index (Phi) is 2.48. The van der Waals surface area contributed by atoms with Crippen LogP contribution in [0.25, 0.3) is 0 Å². The molecule has 0 spiro atoms. The highest BCUT2D eigenvalue weighted by Gasteiger charge is 2.45. The minimum absolute atomic E-state index is 0.00588. The summed E-state index contributed by atoms with van der Waals surface area (Å²) < 4.78 is 0. The molecule has 0 bridgehead atoms. The summed E-state index contributed by atoms with van der Waals surface area (Å²) in [6, 6.07) is 0. The topological polar surface area (TPSA) is 66.5 Å². The van der Waals surface area contributed by atoms with Gasteiger partial charge in [-0.1, -0.05) is 6.42 Å². The maximum atomic E-state index is 12.1. The molecule has 1 aliphatic carbocycles. The number of piperazine rings is 1. The molecule has 2 aliphatic rings. The average Bonchev–Trinajstić information content (AvgIpc) is 2.08. The number of hydrogen-bond donors (Lipinski definition) is 1. The molecule has 5 nitrogen and oxygen atoms in total. The molecule has 16 heavy (non-hydrogen) atoms. The van der Waals surface area contributed by atoms with Crippen molar-refractivity contribution in [1.82, 2.24) is 10.2 Å². The number of nitrogens with zero attached hydrogens (tertiary/aromatic N) is 1. The van der Waals surface area contributed by atoms with Crippen LogP contribution in [0, 0.1) is 5.92 Å². The van der Waals surface area contributed by atoms with E-state index in [-0.39, 0.29) is 18.4 Å². The van der Waals surface area contributed by atoms with Crippen molar-refractivity contribution in [3.05, 3.63) is 0 Å². The molecule has 0 aromatic heterocycles. The lowest BCUT2D eigenvalue weighted by molar-refractivity contribution is -0.159. The molecule has 1 saturated carbocycles. The number of carbonyl (C=O) groups is 3. The van der Waals surface area contributed by atoms with E-state index < -0.39 is 17.4 Å². The minimum atomic E-state index is -0.916. The quantitative estimate of drug-likeness (QED) is 0.640. The summed E-state index contributed by atoms with van der Waals surface area (Å²) >= 11 is 0. The van der Waals surface area contributed by atoms with E-state index in [1.807, 2.05) is 0 Å². The van der Waals surface area contributed by atoms with Crippen LogP contribution < -0.4 is 5.32 Å². The summed E-state index contributed by atoms with van der Waals surface area (Å²) in [5.74, 6) is -0.828. The van der Waals surface area contributed by atoms with E-state index in [1.165, 1.54) is 4.90 Å². The van der Waals surface area contributed by atoms with Crippen LogP contribution in [0.5, 0.6) is 0 Å². The highest BCUT2D eigenvalue weighted by Crippen LogP contribution is 2.31. The van der Waals surface area contributed by atoms with Crippen molar-refractivity contribution >= 4 is 17.7 Å². The Hall–Kier alpha value is -1.39. The highest BCUT2D eigenvalue weighted by atomic mass is 16.2. The molecule has 0 atom stereocenters. The molecule has 1 aliphatic heterocycles. The van der Waals surface area contributed by atoms with E-state index in [2.05, 4.69) is 5.32 Å². The lowest BCUT2D eigenvalue weighted by atomic mass is 9.83. The first kappa shape index (κ1) is 11.1. The monoisotopic (exact) mass is 224 g/mol. The van der Waals surface area contributed by atoms with Gasteiger partial charge < -0.3 is 4.90 Å². The second kappa shape index (κ2) is 3.57. The molecule has 1 N–H and O–H groups in total. The second-order valence-electron chi connectivity index (χ2n) is 4.99. The van der Waals surface area contributed by atoms with Crippen LogP contribution in [-0.2, 0) is 14.4 Å². The summed E-state index contributed by atoms with van der Waals surface area (Å²) in [5, 5.41) is 2.26. The number of imide groups is 1. The average molecular weight is 224 g/mol. The SMILES string of the molecule is CC1(C)C(=O)NC(=O)CN1C(=O)C1CCC1. The van der Waals surface area contributed by atoms with E-state index in [0.29, 0.717) is 0 Å². The van der Waals surface area contributed by atoms with Crippen LogP contribution in [0.15, 0.2) is 0 Å². The molecule has 1 saturated heterocycles. The Morgan fingerprint density at radius 2 is 2.00 bits per heavy atom. The fourth-order valence-corrected chi connectivity index (χ4v) is 2.01. The predicted octanol–water partition coefficient (Wildman–Crippen LogP) is 0.0501. The first-order valence-corrected chi connectivity index (χ1v) is 5.58. The smallest absolute Gasteiger partial charge is 0.252 e. The lowest BCUT2D eigenvalue weighted by Crippen LogP contribution is -2.66. The third kappa shape index (κ3) is 1.60. The fourth-order valence-electron chi connectivity index (χ4n) is 2.01. The molecule has 1 heterocycles. The van der Waals surface area contributed by atoms with Gasteiger partial charge in [-0.05, 0) is 26.7 Å². The van der Waals surface area contributed by atoms with Crippen molar-refractivity contribution in [3.63, 3.8) is 0 Å². The van der Waals surface area contributed by atoms with Crippen molar-refractivity contribution < 1.29 is 14.4 Å². The largest absolute Gasteiger partial charge is 0.319 e. The summed E-state index contributed by atoms with van der Waals surface area (Å²) in [6.07, 6.45) is 2.81. The zero-order chi connectivity index (χ0) is 11.9. The summed E-state index contributed by atoms with van der Waals surface area (Å²) in [7, 11) is 0. The van der Waals surface area contributed by atoms with Gasteiger partial charge in [0.1, 0.15) is 12.1 Å². The maximum absolute atomic E-state index is 12.1. The van der Waals surface area contributed by atoms with E-state index in [4.69, 9.17) is 0 Å². The summed E-state index contributed by atoms with van der Waals surface area (Å²) in [6.45, 7) is 3.34. The Bertz CT molecular complexity index is 358. The van der Waals surface area contributed by atoms with E-state index in [0.717, 1.165) is 19.3 Å². The molecule has 5 heteroatoms. The third-order valence-corrected chi connectivity index (χ3v) is 3.51. The Labute approximate surface area is 94.2 Å². The number of carbonyl (C=O) groups excluding carboxylic acids is 3. The third-order valence-electron chi connectivity index (χ3n) is 3.51. The number of nitrogens with one attached hydrogen (secondary N) is 1. The van der Waals surface area contributed by atoms with E-state index in [9.17, 15) is 14.4 Å². The highest BCUT2D eigenvalue weighted by molar-refractivity contribution is 6.06. The fraction of sp³-hybridized carbons (Fsp3) is 0.727. The van der Waals surface area contributed by atoms with Gasteiger partial charge in [-0.25, -0.2) is 0 Å². The molecule has 0 radical (unpaired) electrons. The Morgan fingerprint density at radius 3 is 2.50 bits per heavy atom. The van der Waals surface area contributed by atoms with Gasteiger partial charge in [0.15, 0.2) is 0 Å². The van der Waals surface area contributed by atoms with Gasteiger partial charge in [0.05, 0.1) is 0 Å². The number of rotatable bonds is 1. The molecule has 0 aromatic carbocycles. The molecule has 0 unspecified atom stereocenters. The number of amides is 3. The van der Waals surface area contributed by atoms with Gasteiger partial charge in [-0.15, -0.1) is 0 Å². The maximum Gasteiger partial charge on any atom is 0.252 e. The minimum Gasteiger partial charge on any atom is -0.319 e. The van der Waals surface area contributed by atoms with Crippen LogP contribution in [-0.4, -0.2) is 34.7 Å². The second-order valence-corrected chi connectivity index (χ2v) is 4.99. The zero-order valence-electron chi connectivity index (χ0n) is 9.58. The van der Waals surface area contributed by atoms with Crippen LogP contribution in [0.4, 0.5) is 0 Å². The first-order chi connectivity index (χ1) is 7.43. The first-order valence-electron chi connectivity index (χ1n) is 5.58. The number of hydrogen-bond acceptors (Lipinski definition) is 3. The molecule has 88 valence electrons. The van der Waals surface area contributed by atoms with Gasteiger partial charge in [0.2, 0.25) is 11.8 Å². The van der Waals surface area contributed by atoms with Gasteiger partial charge in [0, 0.05) is 5.92 Å². The molecular formula is C11H16N2O3. The van der Waals surface area contributed by atoms with Crippen molar-refractivity contribution in [2.45, 2.75) is 38.6 Å². The van der Waals surface area contributed by atoms with Crippen molar-refractivity contribution in [2.75, 3.05) is 6.54 Å². The molecule has 0 aromatic rings. The normalized spacial score (nSPS) is 25.0. The van der Waals surface area contributed by atoms with Crippen molar-refractivity contribution in [2.24, 2.45) is 5.92 Å². The van der Waals surface area contributed by atoms with Gasteiger partial charge in [-0.2, -0.15) is 0 Å². The van der Waals surface area contributed by atoms with Crippen LogP contribution >= 0.6 is 0 Å². The van der Waals surface area contributed by atoms with Gasteiger partial charge in [0.25, 0.3) is 5.91 Å². The van der Waals surface area contributed by atoms with Gasteiger partial charge >= 0.3 is 0 Å². The van der Waals surface area contributed by atoms with Crippen LogP contribution in [0.1, 0.15) is 33.1 Å². The lowest BCUT2D eigenvalue weighted by Gasteiger charge is -2.43. The molecule has 3 amide bonds. The summed E-state index contributed by atoms with van der Waals surface area (Å²) in [4.78, 5) is 36.4. The standard InChI is InChI=1S/C11H16N2O3/c1-11(2)10(16)12-8(14)6-13(11)9(15)7-4-3-5-7/h7H,3-6H2,1-2H3,(H,12,14,16). The van der Waals surface area contributed by atoms with Crippen molar-refractivity contribution in [1.29, 1.82) is 0 Å². The zero-order valence-corrected chi connectivity index (χ0v) is 9.58. The predicted molar refractivity (Wildman–Crippen MR) is 56.3 cm³/mol. The van der Waals surface area contributed by atoms with Crippen LogP contribution in [0.3, 0.4) is 0 Å². The van der Waals surface area contributed by atoms with E-state index >= 15 is 0 Å². The van der Waals surface area contributed by atoms with Crippen LogP contribution in [0.2, 0.25) is 0 Å². The van der Waals surface area contributed by atoms with E-state index in [1.54, 1.807) is 13.8 Å². The molecule has 2 fully saturated rings. The van der Waals surface area contributed by atoms with Crippen molar-refractivity contribution in [3.8, 4) is 0 Å². The Morgan fingerprint density at radius 1 is 1.38 bits per heavy atom. The molecule has 2 rings (SSSR count). The summed E-state index contributed by atoms with van der Waals surface area (Å²) in [5.41, 5.74) is -0.916.